The van der Waals surface area contributed by atoms with Gasteiger partial charge in [-0.05, 0) is 31.1 Å². The van der Waals surface area contributed by atoms with Gasteiger partial charge in [0.15, 0.2) is 0 Å². The molecule has 1 aliphatic carbocycles. The SMILES string of the molecule is CC1(C)CCN(C(=O)C2(C#N)CCCCC2)CC1. The maximum Gasteiger partial charge on any atom is 0.243 e. The smallest absolute Gasteiger partial charge is 0.243 e. The van der Waals surface area contributed by atoms with Gasteiger partial charge in [-0.2, -0.15) is 5.26 Å². The van der Waals surface area contributed by atoms with E-state index >= 15 is 0 Å². The van der Waals surface area contributed by atoms with Crippen LogP contribution in [-0.4, -0.2) is 23.9 Å². The van der Waals surface area contributed by atoms with Crippen molar-refractivity contribution in [1.82, 2.24) is 4.90 Å². The van der Waals surface area contributed by atoms with Crippen molar-refractivity contribution in [2.45, 2.75) is 58.8 Å². The molecule has 2 fully saturated rings. The molecule has 18 heavy (non-hydrogen) atoms. The molecule has 0 unspecified atom stereocenters. The highest BCUT2D eigenvalue weighted by Gasteiger charge is 2.43. The van der Waals surface area contributed by atoms with Crippen molar-refractivity contribution in [2.75, 3.05) is 13.1 Å². The molecule has 2 rings (SSSR count). The molecule has 1 aliphatic heterocycles. The van der Waals surface area contributed by atoms with Gasteiger partial charge >= 0.3 is 0 Å². The Morgan fingerprint density at radius 3 is 2.11 bits per heavy atom. The van der Waals surface area contributed by atoms with Crippen LogP contribution in [0.1, 0.15) is 58.8 Å². The molecule has 0 spiro atoms. The van der Waals surface area contributed by atoms with Crippen molar-refractivity contribution in [3.8, 4) is 6.07 Å². The van der Waals surface area contributed by atoms with Gasteiger partial charge in [0.2, 0.25) is 5.91 Å². The third-order valence-corrected chi connectivity index (χ3v) is 4.73. The molecule has 0 aromatic heterocycles. The molecular weight excluding hydrogens is 224 g/mol. The number of amides is 1. The second kappa shape index (κ2) is 4.91. The van der Waals surface area contributed by atoms with Crippen LogP contribution in [0.15, 0.2) is 0 Å². The van der Waals surface area contributed by atoms with Gasteiger partial charge in [0, 0.05) is 13.1 Å². The summed E-state index contributed by atoms with van der Waals surface area (Å²) in [5.41, 5.74) is -0.344. The van der Waals surface area contributed by atoms with Crippen LogP contribution in [0.5, 0.6) is 0 Å². The van der Waals surface area contributed by atoms with Gasteiger partial charge in [0.1, 0.15) is 5.41 Å². The minimum absolute atomic E-state index is 0.111. The van der Waals surface area contributed by atoms with Crippen molar-refractivity contribution in [3.63, 3.8) is 0 Å². The lowest BCUT2D eigenvalue weighted by Crippen LogP contribution is -2.48. The summed E-state index contributed by atoms with van der Waals surface area (Å²) in [6.45, 7) is 6.18. The minimum atomic E-state index is -0.695. The number of carbonyl (C=O) groups is 1. The van der Waals surface area contributed by atoms with Gasteiger partial charge in [-0.15, -0.1) is 0 Å². The van der Waals surface area contributed by atoms with Crippen LogP contribution in [0, 0.1) is 22.2 Å². The molecule has 0 atom stereocenters. The lowest BCUT2D eigenvalue weighted by molar-refractivity contribution is -0.142. The largest absolute Gasteiger partial charge is 0.341 e. The van der Waals surface area contributed by atoms with Crippen LogP contribution in [0.2, 0.25) is 0 Å². The zero-order valence-corrected chi connectivity index (χ0v) is 11.7. The second-order valence-electron chi connectivity index (χ2n) is 6.71. The van der Waals surface area contributed by atoms with Crippen molar-refractivity contribution in [3.05, 3.63) is 0 Å². The summed E-state index contributed by atoms with van der Waals surface area (Å²) in [5.74, 6) is 0.111. The van der Waals surface area contributed by atoms with Gasteiger partial charge in [0.05, 0.1) is 6.07 Å². The van der Waals surface area contributed by atoms with Gasteiger partial charge < -0.3 is 4.90 Å². The molecule has 1 saturated heterocycles. The predicted molar refractivity (Wildman–Crippen MR) is 70.7 cm³/mol. The van der Waals surface area contributed by atoms with E-state index in [1.54, 1.807) is 0 Å². The summed E-state index contributed by atoms with van der Waals surface area (Å²) in [6.07, 6.45) is 6.87. The highest BCUT2D eigenvalue weighted by atomic mass is 16.2. The van der Waals surface area contributed by atoms with Gasteiger partial charge in [-0.3, -0.25) is 4.79 Å². The van der Waals surface area contributed by atoms with E-state index in [2.05, 4.69) is 19.9 Å². The summed E-state index contributed by atoms with van der Waals surface area (Å²) in [6, 6.07) is 2.34. The van der Waals surface area contributed by atoms with Crippen molar-refractivity contribution >= 4 is 5.91 Å². The summed E-state index contributed by atoms with van der Waals surface area (Å²) < 4.78 is 0. The minimum Gasteiger partial charge on any atom is -0.341 e. The van der Waals surface area contributed by atoms with Crippen LogP contribution in [0.25, 0.3) is 0 Å². The number of nitrogens with zero attached hydrogens (tertiary/aromatic N) is 2. The number of hydrogen-bond acceptors (Lipinski definition) is 2. The Balaban J connectivity index is 2.05. The highest BCUT2D eigenvalue weighted by Crippen LogP contribution is 2.39. The Morgan fingerprint density at radius 2 is 1.61 bits per heavy atom. The van der Waals surface area contributed by atoms with Crippen molar-refractivity contribution in [2.24, 2.45) is 10.8 Å². The first-order chi connectivity index (χ1) is 8.49. The lowest BCUT2D eigenvalue weighted by Gasteiger charge is -2.41. The Morgan fingerprint density at radius 1 is 1.06 bits per heavy atom. The van der Waals surface area contributed by atoms with Gasteiger partial charge in [0.25, 0.3) is 0 Å². The molecule has 100 valence electrons. The quantitative estimate of drug-likeness (QED) is 0.715. The Labute approximate surface area is 110 Å². The van der Waals surface area contributed by atoms with Crippen LogP contribution in [0.4, 0.5) is 0 Å². The van der Waals surface area contributed by atoms with Crippen molar-refractivity contribution < 1.29 is 4.79 Å². The molecule has 2 aliphatic rings. The zero-order chi connectivity index (χ0) is 13.2. The van der Waals surface area contributed by atoms with E-state index in [0.29, 0.717) is 5.41 Å². The Hall–Kier alpha value is -1.04. The molecule has 0 aromatic rings. The molecule has 0 bridgehead atoms. The van der Waals surface area contributed by atoms with E-state index in [1.807, 2.05) is 4.90 Å². The summed E-state index contributed by atoms with van der Waals surface area (Å²) in [5, 5.41) is 9.45. The monoisotopic (exact) mass is 248 g/mol. The fourth-order valence-electron chi connectivity index (χ4n) is 3.15. The fourth-order valence-corrected chi connectivity index (χ4v) is 3.15. The topological polar surface area (TPSA) is 44.1 Å². The average molecular weight is 248 g/mol. The molecule has 3 heteroatoms. The summed E-state index contributed by atoms with van der Waals surface area (Å²) in [4.78, 5) is 14.6. The van der Waals surface area contributed by atoms with Crippen molar-refractivity contribution in [1.29, 1.82) is 5.26 Å². The maximum atomic E-state index is 12.6. The second-order valence-corrected chi connectivity index (χ2v) is 6.71. The summed E-state index contributed by atoms with van der Waals surface area (Å²) in [7, 11) is 0. The molecule has 1 heterocycles. The van der Waals surface area contributed by atoms with Crippen LogP contribution in [0.3, 0.4) is 0 Å². The standard InChI is InChI=1S/C15H24N2O/c1-14(2)8-10-17(11-9-14)13(18)15(12-16)6-4-3-5-7-15/h3-11H2,1-2H3. The normalized spacial score (nSPS) is 26.4. The Bertz CT molecular complexity index is 351. The Kier molecular flexibility index (Phi) is 3.66. The molecule has 0 radical (unpaired) electrons. The van der Waals surface area contributed by atoms with E-state index in [0.717, 1.165) is 51.6 Å². The highest BCUT2D eigenvalue weighted by molar-refractivity contribution is 5.85. The fraction of sp³-hybridized carbons (Fsp3) is 0.867. The number of hydrogen-bond donors (Lipinski definition) is 0. The van der Waals surface area contributed by atoms with E-state index in [1.165, 1.54) is 6.42 Å². The zero-order valence-electron chi connectivity index (χ0n) is 11.7. The van der Waals surface area contributed by atoms with E-state index in [4.69, 9.17) is 0 Å². The number of piperidine rings is 1. The number of rotatable bonds is 1. The molecule has 3 nitrogen and oxygen atoms in total. The molecule has 0 aromatic carbocycles. The molecule has 0 N–H and O–H groups in total. The lowest BCUT2D eigenvalue weighted by atomic mass is 9.73. The first-order valence-corrected chi connectivity index (χ1v) is 7.20. The van der Waals surface area contributed by atoms with Crippen LogP contribution < -0.4 is 0 Å². The van der Waals surface area contributed by atoms with E-state index < -0.39 is 5.41 Å². The maximum absolute atomic E-state index is 12.6. The van der Waals surface area contributed by atoms with Crippen LogP contribution in [-0.2, 0) is 4.79 Å². The number of carbonyl (C=O) groups excluding carboxylic acids is 1. The number of nitriles is 1. The third kappa shape index (κ3) is 2.53. The molecular formula is C15H24N2O. The van der Waals surface area contributed by atoms with Gasteiger partial charge in [-0.1, -0.05) is 33.1 Å². The van der Waals surface area contributed by atoms with E-state index in [-0.39, 0.29) is 5.91 Å². The summed E-state index contributed by atoms with van der Waals surface area (Å²) >= 11 is 0. The van der Waals surface area contributed by atoms with E-state index in [9.17, 15) is 10.1 Å². The average Bonchev–Trinajstić information content (AvgIpc) is 2.39. The third-order valence-electron chi connectivity index (χ3n) is 4.73. The van der Waals surface area contributed by atoms with Gasteiger partial charge in [-0.25, -0.2) is 0 Å². The molecule has 1 saturated carbocycles. The first kappa shape index (κ1) is 13.4. The predicted octanol–water partition coefficient (Wildman–Crippen LogP) is 3.11. The number of likely N-dealkylation sites (tertiary alicyclic amines) is 1. The first-order valence-electron chi connectivity index (χ1n) is 7.20. The molecule has 1 amide bonds. The van der Waals surface area contributed by atoms with Crippen LogP contribution >= 0.6 is 0 Å².